The monoisotopic (exact) mass is 400 g/mol. The quantitative estimate of drug-likeness (QED) is 0.236. The van der Waals surface area contributed by atoms with Gasteiger partial charge in [0.05, 0.1) is 20.1 Å². The Balaban J connectivity index is 1.65. The number of hydrogen-bond acceptors (Lipinski definition) is 4. The maximum atomic E-state index is 11.8. The van der Waals surface area contributed by atoms with Gasteiger partial charge in [-0.1, -0.05) is 43.4 Å². The van der Waals surface area contributed by atoms with Crippen LogP contribution in [-0.2, 0) is 20.9 Å². The Morgan fingerprint density at radius 3 is 2.79 bits per heavy atom. The molecule has 1 heterocycles. The standard InChI is InChI=1S/C25H36O4/c1-5-7-19(2)9-12-22-17-25(26)29-24(22)16-20(3)8-6-15-28-18-21-10-13-23(27-4)14-11-21/h5,7,10-11,13-14,20,22,24H,1,6,8-9,12,15-18H2,2-4H3/b19-7+/t20-,22-,24?/m0/s1. The predicted octanol–water partition coefficient (Wildman–Crippen LogP) is 5.86. The summed E-state index contributed by atoms with van der Waals surface area (Å²) < 4.78 is 16.6. The molecule has 2 rings (SSSR count). The summed E-state index contributed by atoms with van der Waals surface area (Å²) in [4.78, 5) is 11.8. The average Bonchev–Trinajstić information content (AvgIpc) is 3.05. The summed E-state index contributed by atoms with van der Waals surface area (Å²) in [6.07, 6.45) is 9.53. The van der Waals surface area contributed by atoms with Gasteiger partial charge in [-0.2, -0.15) is 0 Å². The molecule has 0 saturated carbocycles. The van der Waals surface area contributed by atoms with Gasteiger partial charge in [0.15, 0.2) is 0 Å². The Kier molecular flexibility index (Phi) is 9.99. The molecular weight excluding hydrogens is 364 g/mol. The molecule has 0 radical (unpaired) electrons. The van der Waals surface area contributed by atoms with Gasteiger partial charge >= 0.3 is 5.97 Å². The zero-order valence-corrected chi connectivity index (χ0v) is 18.2. The number of methoxy groups -OCH3 is 1. The fraction of sp³-hybridized carbons (Fsp3) is 0.560. The molecule has 1 saturated heterocycles. The Labute approximate surface area is 175 Å². The number of ether oxygens (including phenoxy) is 3. The Bertz CT molecular complexity index is 662. The molecule has 1 aliphatic heterocycles. The van der Waals surface area contributed by atoms with Crippen molar-refractivity contribution in [2.75, 3.05) is 13.7 Å². The number of hydrogen-bond donors (Lipinski definition) is 0. The van der Waals surface area contributed by atoms with Gasteiger partial charge in [0, 0.05) is 12.5 Å². The fourth-order valence-corrected chi connectivity index (χ4v) is 3.84. The van der Waals surface area contributed by atoms with E-state index in [1.165, 1.54) is 5.57 Å². The number of benzene rings is 1. The maximum absolute atomic E-state index is 11.8. The maximum Gasteiger partial charge on any atom is 0.306 e. The second kappa shape index (κ2) is 12.5. The molecule has 0 N–H and O–H groups in total. The number of rotatable bonds is 13. The van der Waals surface area contributed by atoms with Crippen molar-refractivity contribution in [3.05, 3.63) is 54.1 Å². The minimum Gasteiger partial charge on any atom is -0.497 e. The highest BCUT2D eigenvalue weighted by molar-refractivity contribution is 5.72. The molecule has 1 unspecified atom stereocenters. The first-order chi connectivity index (χ1) is 14.0. The van der Waals surface area contributed by atoms with E-state index < -0.39 is 0 Å². The van der Waals surface area contributed by atoms with Crippen molar-refractivity contribution in [3.63, 3.8) is 0 Å². The Morgan fingerprint density at radius 2 is 2.10 bits per heavy atom. The van der Waals surface area contributed by atoms with Crippen molar-refractivity contribution in [1.82, 2.24) is 0 Å². The van der Waals surface area contributed by atoms with Crippen molar-refractivity contribution in [2.24, 2.45) is 11.8 Å². The first-order valence-corrected chi connectivity index (χ1v) is 10.7. The highest BCUT2D eigenvalue weighted by Gasteiger charge is 2.34. The van der Waals surface area contributed by atoms with E-state index >= 15 is 0 Å². The van der Waals surface area contributed by atoms with Gasteiger partial charge in [-0.25, -0.2) is 0 Å². The number of carbonyl (C=O) groups excluding carboxylic acids is 1. The van der Waals surface area contributed by atoms with Crippen molar-refractivity contribution in [2.45, 2.75) is 65.1 Å². The van der Waals surface area contributed by atoms with Crippen LogP contribution in [0, 0.1) is 11.8 Å². The second-order valence-electron chi connectivity index (χ2n) is 8.16. The minimum atomic E-state index is -0.0413. The molecular formula is C25H36O4. The zero-order valence-electron chi connectivity index (χ0n) is 18.2. The lowest BCUT2D eigenvalue weighted by atomic mass is 9.87. The fourth-order valence-electron chi connectivity index (χ4n) is 3.84. The molecule has 0 spiro atoms. The zero-order chi connectivity index (χ0) is 21.1. The average molecular weight is 401 g/mol. The van der Waals surface area contributed by atoms with Gasteiger partial charge in [-0.3, -0.25) is 4.79 Å². The van der Waals surface area contributed by atoms with Crippen LogP contribution in [0.25, 0.3) is 0 Å². The van der Waals surface area contributed by atoms with Crippen LogP contribution in [0.2, 0.25) is 0 Å². The largest absolute Gasteiger partial charge is 0.497 e. The van der Waals surface area contributed by atoms with Crippen molar-refractivity contribution in [1.29, 1.82) is 0 Å². The van der Waals surface area contributed by atoms with Crippen LogP contribution in [-0.4, -0.2) is 25.8 Å². The van der Waals surface area contributed by atoms with E-state index in [0.717, 1.165) is 50.0 Å². The molecule has 1 fully saturated rings. The molecule has 1 aromatic carbocycles. The molecule has 29 heavy (non-hydrogen) atoms. The molecule has 0 aliphatic carbocycles. The van der Waals surface area contributed by atoms with Crippen LogP contribution >= 0.6 is 0 Å². The van der Waals surface area contributed by atoms with E-state index in [-0.39, 0.29) is 12.1 Å². The second-order valence-corrected chi connectivity index (χ2v) is 8.16. The minimum absolute atomic E-state index is 0.0413. The van der Waals surface area contributed by atoms with E-state index in [2.05, 4.69) is 20.4 Å². The molecule has 4 heteroatoms. The summed E-state index contributed by atoms with van der Waals surface area (Å²) in [6, 6.07) is 7.97. The van der Waals surface area contributed by atoms with E-state index in [4.69, 9.17) is 14.2 Å². The first kappa shape index (κ1) is 23.2. The van der Waals surface area contributed by atoms with E-state index in [1.807, 2.05) is 36.4 Å². The van der Waals surface area contributed by atoms with Crippen molar-refractivity contribution >= 4 is 5.97 Å². The number of allylic oxidation sites excluding steroid dienone is 3. The van der Waals surface area contributed by atoms with Crippen LogP contribution < -0.4 is 4.74 Å². The molecule has 0 amide bonds. The summed E-state index contributed by atoms with van der Waals surface area (Å²) in [5, 5.41) is 0. The van der Waals surface area contributed by atoms with Gasteiger partial charge in [0.1, 0.15) is 11.9 Å². The number of carbonyl (C=O) groups is 1. The highest BCUT2D eigenvalue weighted by Crippen LogP contribution is 2.32. The topological polar surface area (TPSA) is 44.8 Å². The smallest absolute Gasteiger partial charge is 0.306 e. The van der Waals surface area contributed by atoms with Gasteiger partial charge in [0.25, 0.3) is 0 Å². The lowest BCUT2D eigenvalue weighted by Gasteiger charge is -2.21. The summed E-state index contributed by atoms with van der Waals surface area (Å²) >= 11 is 0. The van der Waals surface area contributed by atoms with Gasteiger partial charge in [-0.15, -0.1) is 0 Å². The van der Waals surface area contributed by atoms with Crippen LogP contribution in [0.1, 0.15) is 57.9 Å². The highest BCUT2D eigenvalue weighted by atomic mass is 16.5. The normalized spacial score (nSPS) is 20.4. The van der Waals surface area contributed by atoms with Gasteiger partial charge < -0.3 is 14.2 Å². The third-order valence-corrected chi connectivity index (χ3v) is 5.60. The van der Waals surface area contributed by atoms with Crippen LogP contribution in [0.3, 0.4) is 0 Å². The SMILES string of the molecule is C=C/C=C(\C)CC[C@H]1CC(=O)OC1C[C@@H](C)CCCOCc1ccc(OC)cc1. The molecule has 1 aliphatic rings. The lowest BCUT2D eigenvalue weighted by molar-refractivity contribution is -0.142. The first-order valence-electron chi connectivity index (χ1n) is 10.7. The van der Waals surface area contributed by atoms with Gasteiger partial charge in [-0.05, 0) is 62.6 Å². The molecule has 160 valence electrons. The lowest BCUT2D eigenvalue weighted by Crippen LogP contribution is -2.20. The summed E-state index contributed by atoms with van der Waals surface area (Å²) in [6.45, 7) is 9.47. The Morgan fingerprint density at radius 1 is 1.34 bits per heavy atom. The van der Waals surface area contributed by atoms with Crippen LogP contribution in [0.5, 0.6) is 5.75 Å². The van der Waals surface area contributed by atoms with E-state index in [0.29, 0.717) is 24.9 Å². The van der Waals surface area contributed by atoms with Crippen molar-refractivity contribution in [3.8, 4) is 5.75 Å². The molecule has 4 nitrogen and oxygen atoms in total. The number of cyclic esters (lactones) is 1. The molecule has 1 aromatic rings. The Hall–Kier alpha value is -2.07. The number of esters is 1. The summed E-state index contributed by atoms with van der Waals surface area (Å²) in [5.41, 5.74) is 2.46. The van der Waals surface area contributed by atoms with E-state index in [9.17, 15) is 4.79 Å². The summed E-state index contributed by atoms with van der Waals surface area (Å²) in [7, 11) is 1.67. The van der Waals surface area contributed by atoms with Crippen LogP contribution in [0.15, 0.2) is 48.6 Å². The molecule has 3 atom stereocenters. The third-order valence-electron chi connectivity index (χ3n) is 5.60. The molecule has 0 bridgehead atoms. The van der Waals surface area contributed by atoms with Crippen molar-refractivity contribution < 1.29 is 19.0 Å². The summed E-state index contributed by atoms with van der Waals surface area (Å²) in [5.74, 6) is 1.67. The molecule has 0 aromatic heterocycles. The predicted molar refractivity (Wildman–Crippen MR) is 117 cm³/mol. The van der Waals surface area contributed by atoms with E-state index in [1.54, 1.807) is 7.11 Å². The van der Waals surface area contributed by atoms with Gasteiger partial charge in [0.2, 0.25) is 0 Å². The third kappa shape index (κ3) is 8.45. The van der Waals surface area contributed by atoms with Crippen LogP contribution in [0.4, 0.5) is 0 Å².